The molecule has 0 aliphatic carbocycles. The number of alkyl halides is 3. The number of ether oxygens (including phenoxy) is 1. The van der Waals surface area contributed by atoms with Crippen molar-refractivity contribution in [1.82, 2.24) is 4.98 Å². The first-order chi connectivity index (χ1) is 14.5. The van der Waals surface area contributed by atoms with Crippen molar-refractivity contribution in [1.29, 1.82) is 5.26 Å². The zero-order valence-corrected chi connectivity index (χ0v) is 16.7. The first kappa shape index (κ1) is 22.3. The Morgan fingerprint density at radius 3 is 2.32 bits per heavy atom. The van der Waals surface area contributed by atoms with E-state index in [0.29, 0.717) is 5.56 Å². The first-order valence-electron chi connectivity index (χ1n) is 8.24. The van der Waals surface area contributed by atoms with Gasteiger partial charge in [0.25, 0.3) is 10.0 Å². The molecule has 1 aromatic heterocycles. The Labute approximate surface area is 178 Å². The highest BCUT2D eigenvalue weighted by Gasteiger charge is 2.31. The lowest BCUT2D eigenvalue weighted by molar-refractivity contribution is -0.274. The Kier molecular flexibility index (Phi) is 6.06. The largest absolute Gasteiger partial charge is 0.573 e. The van der Waals surface area contributed by atoms with Gasteiger partial charge in [0, 0.05) is 5.56 Å². The summed E-state index contributed by atoms with van der Waals surface area (Å²) in [5, 5.41) is 8.95. The second-order valence-corrected chi connectivity index (χ2v) is 8.05. The highest BCUT2D eigenvalue weighted by molar-refractivity contribution is 7.92. The van der Waals surface area contributed by atoms with Crippen molar-refractivity contribution in [2.75, 3.05) is 4.72 Å². The fraction of sp³-hybridized carbons (Fsp3) is 0.0526. The van der Waals surface area contributed by atoms with Crippen LogP contribution in [-0.4, -0.2) is 19.8 Å². The van der Waals surface area contributed by atoms with Crippen LogP contribution >= 0.6 is 11.6 Å². The molecule has 0 radical (unpaired) electrons. The lowest BCUT2D eigenvalue weighted by atomic mass is 10.1. The van der Waals surface area contributed by atoms with Gasteiger partial charge in [-0.1, -0.05) is 11.6 Å². The van der Waals surface area contributed by atoms with E-state index in [9.17, 15) is 26.0 Å². The van der Waals surface area contributed by atoms with E-state index >= 15 is 0 Å². The van der Waals surface area contributed by atoms with E-state index in [0.717, 1.165) is 30.3 Å². The maximum Gasteiger partial charge on any atom is 0.573 e. The quantitative estimate of drug-likeness (QED) is 0.522. The summed E-state index contributed by atoms with van der Waals surface area (Å²) in [6, 6.07) is 11.7. The number of nitrogens with one attached hydrogen (secondary N) is 1. The van der Waals surface area contributed by atoms with Gasteiger partial charge in [0.15, 0.2) is 11.5 Å². The highest BCUT2D eigenvalue weighted by Crippen LogP contribution is 2.31. The number of hydrogen-bond donors (Lipinski definition) is 1. The summed E-state index contributed by atoms with van der Waals surface area (Å²) < 4.78 is 81.0. The van der Waals surface area contributed by atoms with Crippen LogP contribution in [0.3, 0.4) is 0 Å². The maximum absolute atomic E-state index is 13.4. The SMILES string of the molecule is N#Cc1nc(-c2ccc(NS(=O)(=O)c3ccc(OC(F)(F)F)cc3)cc2Cl)ccc1F. The van der Waals surface area contributed by atoms with Crippen molar-refractivity contribution in [2.24, 2.45) is 0 Å². The predicted molar refractivity (Wildman–Crippen MR) is 103 cm³/mol. The molecule has 0 unspecified atom stereocenters. The normalized spacial score (nSPS) is 11.6. The lowest BCUT2D eigenvalue weighted by Gasteiger charge is -2.12. The van der Waals surface area contributed by atoms with Gasteiger partial charge in [0.1, 0.15) is 11.8 Å². The minimum absolute atomic E-state index is 0.0620. The topological polar surface area (TPSA) is 92.1 Å². The predicted octanol–water partition coefficient (Wildman–Crippen LogP) is 5.11. The Hall–Kier alpha value is -3.36. The van der Waals surface area contributed by atoms with Crippen molar-refractivity contribution in [2.45, 2.75) is 11.3 Å². The van der Waals surface area contributed by atoms with Crippen molar-refractivity contribution < 1.29 is 30.7 Å². The van der Waals surface area contributed by atoms with Crippen LogP contribution in [0.2, 0.25) is 5.02 Å². The number of nitriles is 1. The van der Waals surface area contributed by atoms with Crippen molar-refractivity contribution in [3.05, 3.63) is 71.1 Å². The van der Waals surface area contributed by atoms with Crippen LogP contribution in [0, 0.1) is 17.1 Å². The Bertz CT molecular complexity index is 1270. The van der Waals surface area contributed by atoms with Crippen molar-refractivity contribution >= 4 is 27.3 Å². The molecule has 1 N–H and O–H groups in total. The summed E-state index contributed by atoms with van der Waals surface area (Å²) in [6.45, 7) is 0. The molecule has 1 heterocycles. The zero-order valence-electron chi connectivity index (χ0n) is 15.1. The second-order valence-electron chi connectivity index (χ2n) is 5.96. The Morgan fingerprint density at radius 2 is 1.74 bits per heavy atom. The first-order valence-corrected chi connectivity index (χ1v) is 10.1. The average Bonchev–Trinajstić information content (AvgIpc) is 2.67. The van der Waals surface area contributed by atoms with Crippen LogP contribution in [0.25, 0.3) is 11.3 Å². The third-order valence-electron chi connectivity index (χ3n) is 3.82. The zero-order chi connectivity index (χ0) is 22.8. The number of anilines is 1. The minimum Gasteiger partial charge on any atom is -0.406 e. The summed E-state index contributed by atoms with van der Waals surface area (Å²) in [6.07, 6.45) is -4.90. The van der Waals surface area contributed by atoms with Crippen LogP contribution in [-0.2, 0) is 10.0 Å². The Balaban J connectivity index is 1.83. The molecule has 31 heavy (non-hydrogen) atoms. The van der Waals surface area contributed by atoms with Gasteiger partial charge < -0.3 is 4.74 Å². The number of halogens is 5. The number of pyridine rings is 1. The molecule has 0 fully saturated rings. The molecule has 6 nitrogen and oxygen atoms in total. The van der Waals surface area contributed by atoms with Crippen molar-refractivity contribution in [3.63, 3.8) is 0 Å². The molecule has 3 aromatic rings. The summed E-state index contributed by atoms with van der Waals surface area (Å²) >= 11 is 6.18. The van der Waals surface area contributed by atoms with Crippen LogP contribution in [0.5, 0.6) is 5.75 Å². The smallest absolute Gasteiger partial charge is 0.406 e. The molecule has 0 saturated carbocycles. The van der Waals surface area contributed by atoms with E-state index in [1.807, 2.05) is 0 Å². The molecular weight excluding hydrogens is 462 g/mol. The summed E-state index contributed by atoms with van der Waals surface area (Å²) in [5.74, 6) is -1.36. The minimum atomic E-state index is -4.90. The Morgan fingerprint density at radius 1 is 1.06 bits per heavy atom. The van der Waals surface area contributed by atoms with Gasteiger partial charge in [-0.3, -0.25) is 4.72 Å². The van der Waals surface area contributed by atoms with E-state index in [-0.39, 0.29) is 21.3 Å². The molecule has 0 aliphatic rings. The summed E-state index contributed by atoms with van der Waals surface area (Å²) in [5.41, 5.74) is 0.177. The monoisotopic (exact) mass is 471 g/mol. The van der Waals surface area contributed by atoms with Gasteiger partial charge in [0.2, 0.25) is 0 Å². The molecule has 0 aliphatic heterocycles. The number of aromatic nitrogens is 1. The number of nitrogens with zero attached hydrogens (tertiary/aromatic N) is 2. The van der Waals surface area contributed by atoms with E-state index < -0.39 is 33.6 Å². The number of rotatable bonds is 5. The lowest BCUT2D eigenvalue weighted by Crippen LogP contribution is -2.17. The van der Waals surface area contributed by atoms with Crippen LogP contribution in [0.1, 0.15) is 5.69 Å². The number of benzene rings is 2. The van der Waals surface area contributed by atoms with Crippen LogP contribution in [0.4, 0.5) is 23.2 Å². The van der Waals surface area contributed by atoms with E-state index in [4.69, 9.17) is 16.9 Å². The molecule has 0 spiro atoms. The van der Waals surface area contributed by atoms with Gasteiger partial charge >= 0.3 is 6.36 Å². The van der Waals surface area contributed by atoms with Crippen LogP contribution in [0.15, 0.2) is 59.5 Å². The second kappa shape index (κ2) is 8.41. The van der Waals surface area contributed by atoms with Gasteiger partial charge in [-0.05, 0) is 54.6 Å². The molecule has 0 atom stereocenters. The molecule has 0 amide bonds. The maximum atomic E-state index is 13.4. The van der Waals surface area contributed by atoms with E-state index in [1.165, 1.54) is 24.3 Å². The summed E-state index contributed by atoms with van der Waals surface area (Å²) in [4.78, 5) is 3.55. The average molecular weight is 472 g/mol. The highest BCUT2D eigenvalue weighted by atomic mass is 35.5. The molecule has 12 heteroatoms. The third-order valence-corrected chi connectivity index (χ3v) is 5.53. The molecule has 2 aromatic carbocycles. The van der Waals surface area contributed by atoms with Gasteiger partial charge in [-0.25, -0.2) is 17.8 Å². The molecule has 3 rings (SSSR count). The van der Waals surface area contributed by atoms with E-state index in [2.05, 4.69) is 14.4 Å². The van der Waals surface area contributed by atoms with Gasteiger partial charge in [0.05, 0.1) is 21.3 Å². The molecule has 0 bridgehead atoms. The van der Waals surface area contributed by atoms with Gasteiger partial charge in [-0.15, -0.1) is 13.2 Å². The molecule has 0 saturated heterocycles. The molecule has 160 valence electrons. The van der Waals surface area contributed by atoms with Crippen molar-refractivity contribution in [3.8, 4) is 23.1 Å². The third kappa shape index (κ3) is 5.42. The fourth-order valence-electron chi connectivity index (χ4n) is 2.49. The standard InChI is InChI=1S/C19H10ClF4N3O3S/c20-15-9-11(1-6-14(15)17-8-7-16(21)18(10-25)26-17)27-31(28,29)13-4-2-12(3-5-13)30-19(22,23)24/h1-9,27H. The molecular formula is C19H10ClF4N3O3S. The number of hydrogen-bond acceptors (Lipinski definition) is 5. The summed E-state index contributed by atoms with van der Waals surface area (Å²) in [7, 11) is -4.14. The fourth-order valence-corrected chi connectivity index (χ4v) is 3.82. The number of sulfonamides is 1. The van der Waals surface area contributed by atoms with Crippen LogP contribution < -0.4 is 9.46 Å². The van der Waals surface area contributed by atoms with Gasteiger partial charge in [-0.2, -0.15) is 5.26 Å². The van der Waals surface area contributed by atoms with E-state index in [1.54, 1.807) is 6.07 Å².